The number of hydrogen-bond acceptors (Lipinski definition) is 5. The van der Waals surface area contributed by atoms with Gasteiger partial charge in [0.15, 0.2) is 18.1 Å². The summed E-state index contributed by atoms with van der Waals surface area (Å²) in [6.45, 7) is 3.45. The van der Waals surface area contributed by atoms with Gasteiger partial charge in [0.05, 0.1) is 14.2 Å². The highest BCUT2D eigenvalue weighted by Gasteiger charge is 2.13. The topological polar surface area (TPSA) is 94.1 Å². The molecule has 0 fully saturated rings. The number of carbonyl (C=O) groups excluding carboxylic acids is 1. The summed E-state index contributed by atoms with van der Waals surface area (Å²) in [6, 6.07) is 8.78. The maximum atomic E-state index is 12.5. The first kappa shape index (κ1) is 20.1. The highest BCUT2D eigenvalue weighted by Crippen LogP contribution is 2.28. The van der Waals surface area contributed by atoms with Gasteiger partial charge in [-0.2, -0.15) is 0 Å². The summed E-state index contributed by atoms with van der Waals surface area (Å²) in [6.07, 6.45) is 0. The lowest BCUT2D eigenvalue weighted by atomic mass is 10.0. The Morgan fingerprint density at radius 1 is 1.00 bits per heavy atom. The average molecular weight is 373 g/mol. The number of methoxy groups -OCH3 is 2. The smallest absolute Gasteiger partial charge is 0.341 e. The molecule has 144 valence electrons. The minimum Gasteiger partial charge on any atom is -0.493 e. The van der Waals surface area contributed by atoms with Crippen LogP contribution >= 0.6 is 0 Å². The molecule has 2 N–H and O–H groups in total. The highest BCUT2D eigenvalue weighted by atomic mass is 16.5. The van der Waals surface area contributed by atoms with Crippen LogP contribution in [-0.4, -0.2) is 37.8 Å². The molecule has 2 rings (SSSR count). The van der Waals surface area contributed by atoms with E-state index in [4.69, 9.17) is 19.3 Å². The van der Waals surface area contributed by atoms with Crippen LogP contribution in [0.5, 0.6) is 17.2 Å². The van der Waals surface area contributed by atoms with Gasteiger partial charge in [-0.3, -0.25) is 4.79 Å². The second-order valence-corrected chi connectivity index (χ2v) is 5.99. The van der Waals surface area contributed by atoms with E-state index in [-0.39, 0.29) is 5.91 Å². The molecule has 0 aliphatic rings. The Kier molecular flexibility index (Phi) is 6.65. The first-order valence-corrected chi connectivity index (χ1v) is 8.30. The molecule has 2 aromatic carbocycles. The molecular formula is C20H23NO6. The van der Waals surface area contributed by atoms with Crippen LogP contribution in [0.3, 0.4) is 0 Å². The molecule has 0 aliphatic heterocycles. The molecule has 0 atom stereocenters. The average Bonchev–Trinajstić information content (AvgIpc) is 2.64. The Balaban J connectivity index is 2.09. The molecule has 0 radical (unpaired) electrons. The molecule has 0 heterocycles. The SMILES string of the molecule is COc1ccc(CNC(=O)c2cc(C)c(OCC(=O)O)c(C)c2)cc1OC. The molecule has 0 unspecified atom stereocenters. The van der Waals surface area contributed by atoms with Crippen molar-refractivity contribution in [2.75, 3.05) is 20.8 Å². The van der Waals surface area contributed by atoms with Gasteiger partial charge >= 0.3 is 5.97 Å². The number of benzene rings is 2. The molecule has 0 aromatic heterocycles. The number of ether oxygens (including phenoxy) is 3. The number of aliphatic carboxylic acids is 1. The first-order chi connectivity index (χ1) is 12.8. The zero-order valence-corrected chi connectivity index (χ0v) is 15.8. The number of rotatable bonds is 8. The molecule has 0 bridgehead atoms. The molecule has 0 spiro atoms. The maximum absolute atomic E-state index is 12.5. The van der Waals surface area contributed by atoms with Crippen molar-refractivity contribution in [1.82, 2.24) is 5.32 Å². The Morgan fingerprint density at radius 3 is 2.19 bits per heavy atom. The quantitative estimate of drug-likeness (QED) is 0.739. The third kappa shape index (κ3) is 5.13. The van der Waals surface area contributed by atoms with E-state index < -0.39 is 12.6 Å². The first-order valence-electron chi connectivity index (χ1n) is 8.30. The van der Waals surface area contributed by atoms with Gasteiger partial charge in [-0.15, -0.1) is 0 Å². The van der Waals surface area contributed by atoms with Crippen LogP contribution in [-0.2, 0) is 11.3 Å². The Hall–Kier alpha value is -3.22. The van der Waals surface area contributed by atoms with Gasteiger partial charge in [-0.25, -0.2) is 4.79 Å². The van der Waals surface area contributed by atoms with E-state index in [1.807, 2.05) is 6.07 Å². The van der Waals surface area contributed by atoms with Crippen LogP contribution < -0.4 is 19.5 Å². The molecule has 7 nitrogen and oxygen atoms in total. The van der Waals surface area contributed by atoms with E-state index in [0.29, 0.717) is 40.5 Å². The summed E-state index contributed by atoms with van der Waals surface area (Å²) in [5.74, 6) is 0.409. The van der Waals surface area contributed by atoms with Crippen molar-refractivity contribution in [3.8, 4) is 17.2 Å². The normalized spacial score (nSPS) is 10.2. The van der Waals surface area contributed by atoms with Gasteiger partial charge in [-0.05, 0) is 54.8 Å². The summed E-state index contributed by atoms with van der Waals surface area (Å²) < 4.78 is 15.7. The molecule has 0 saturated carbocycles. The molecule has 0 saturated heterocycles. The molecule has 1 amide bonds. The van der Waals surface area contributed by atoms with E-state index in [9.17, 15) is 9.59 Å². The lowest BCUT2D eigenvalue weighted by Crippen LogP contribution is -2.23. The Bertz CT molecular complexity index is 823. The van der Waals surface area contributed by atoms with E-state index in [1.165, 1.54) is 0 Å². The van der Waals surface area contributed by atoms with Gasteiger partial charge in [0, 0.05) is 12.1 Å². The summed E-state index contributed by atoms with van der Waals surface area (Å²) in [5.41, 5.74) is 2.75. The van der Waals surface area contributed by atoms with Crippen molar-refractivity contribution in [2.24, 2.45) is 0 Å². The number of amides is 1. The fourth-order valence-electron chi connectivity index (χ4n) is 2.72. The summed E-state index contributed by atoms with van der Waals surface area (Å²) in [5, 5.41) is 11.6. The van der Waals surface area contributed by atoms with E-state index >= 15 is 0 Å². The predicted molar refractivity (Wildman–Crippen MR) is 99.8 cm³/mol. The van der Waals surface area contributed by atoms with Gasteiger partial charge in [0.1, 0.15) is 5.75 Å². The molecule has 0 aliphatic carbocycles. The monoisotopic (exact) mass is 373 g/mol. The van der Waals surface area contributed by atoms with Gasteiger partial charge in [0.2, 0.25) is 0 Å². The highest BCUT2D eigenvalue weighted by molar-refractivity contribution is 5.94. The number of nitrogens with one attached hydrogen (secondary N) is 1. The van der Waals surface area contributed by atoms with Crippen molar-refractivity contribution < 1.29 is 28.9 Å². The fourth-order valence-corrected chi connectivity index (χ4v) is 2.72. The van der Waals surface area contributed by atoms with Crippen LogP contribution in [0.2, 0.25) is 0 Å². The van der Waals surface area contributed by atoms with Gasteiger partial charge in [-0.1, -0.05) is 6.07 Å². The minimum absolute atomic E-state index is 0.235. The van der Waals surface area contributed by atoms with Gasteiger partial charge in [0.25, 0.3) is 5.91 Å². The number of aryl methyl sites for hydroxylation is 2. The van der Waals surface area contributed by atoms with E-state index in [1.54, 1.807) is 52.3 Å². The number of hydrogen-bond donors (Lipinski definition) is 2. The number of carboxylic acid groups (broad SMARTS) is 1. The van der Waals surface area contributed by atoms with Crippen molar-refractivity contribution in [2.45, 2.75) is 20.4 Å². The van der Waals surface area contributed by atoms with E-state index in [2.05, 4.69) is 5.32 Å². The predicted octanol–water partition coefficient (Wildman–Crippen LogP) is 2.71. The Labute approximate surface area is 157 Å². The van der Waals surface area contributed by atoms with Crippen molar-refractivity contribution in [1.29, 1.82) is 0 Å². The fraction of sp³-hybridized carbons (Fsp3) is 0.300. The van der Waals surface area contributed by atoms with Gasteiger partial charge < -0.3 is 24.6 Å². The standard InChI is InChI=1S/C20H23NO6/c1-12-7-15(8-13(2)19(12)27-11-18(22)23)20(24)21-10-14-5-6-16(25-3)17(9-14)26-4/h5-9H,10-11H2,1-4H3,(H,21,24)(H,22,23). The van der Waals surface area contributed by atoms with Crippen LogP contribution in [0.1, 0.15) is 27.0 Å². The summed E-state index contributed by atoms with van der Waals surface area (Å²) >= 11 is 0. The second kappa shape index (κ2) is 8.93. The van der Waals surface area contributed by atoms with Crippen molar-refractivity contribution >= 4 is 11.9 Å². The van der Waals surface area contributed by atoms with Crippen molar-refractivity contribution in [3.63, 3.8) is 0 Å². The summed E-state index contributed by atoms with van der Waals surface area (Å²) in [4.78, 5) is 23.1. The van der Waals surface area contributed by atoms with Crippen LogP contribution in [0.4, 0.5) is 0 Å². The molecule has 2 aromatic rings. The number of carbonyl (C=O) groups is 2. The third-order valence-corrected chi connectivity index (χ3v) is 3.96. The number of carboxylic acids is 1. The van der Waals surface area contributed by atoms with Crippen LogP contribution in [0, 0.1) is 13.8 Å². The lowest BCUT2D eigenvalue weighted by Gasteiger charge is -2.13. The van der Waals surface area contributed by atoms with E-state index in [0.717, 1.165) is 5.56 Å². The van der Waals surface area contributed by atoms with Crippen molar-refractivity contribution in [3.05, 3.63) is 52.6 Å². The van der Waals surface area contributed by atoms with Crippen LogP contribution in [0.15, 0.2) is 30.3 Å². The zero-order chi connectivity index (χ0) is 20.0. The third-order valence-electron chi connectivity index (χ3n) is 3.96. The summed E-state index contributed by atoms with van der Waals surface area (Å²) in [7, 11) is 3.12. The molecular weight excluding hydrogens is 350 g/mol. The maximum Gasteiger partial charge on any atom is 0.341 e. The largest absolute Gasteiger partial charge is 0.493 e. The lowest BCUT2D eigenvalue weighted by molar-refractivity contribution is -0.139. The second-order valence-electron chi connectivity index (χ2n) is 5.99. The zero-order valence-electron chi connectivity index (χ0n) is 15.8. The molecule has 7 heteroatoms. The minimum atomic E-state index is -1.05. The van der Waals surface area contributed by atoms with Crippen LogP contribution in [0.25, 0.3) is 0 Å². The Morgan fingerprint density at radius 2 is 1.63 bits per heavy atom. The molecule has 27 heavy (non-hydrogen) atoms.